The highest BCUT2D eigenvalue weighted by atomic mass is 15.0. The van der Waals surface area contributed by atoms with Gasteiger partial charge in [0.15, 0.2) is 0 Å². The third kappa shape index (κ3) is 9.75. The molecule has 0 radical (unpaired) electrons. The molecule has 6 aromatic heterocycles. The molecule has 20 aromatic carbocycles. The number of rotatable bonds is 8. The van der Waals surface area contributed by atoms with Crippen LogP contribution in [0.1, 0.15) is 0 Å². The zero-order chi connectivity index (χ0) is 77.2. The second-order valence-electron chi connectivity index (χ2n) is 31.4. The molecule has 0 unspecified atom stereocenters. The van der Waals surface area contributed by atoms with Gasteiger partial charge in [-0.3, -0.25) is 0 Å². The lowest BCUT2D eigenvalue weighted by atomic mass is 9.99. The van der Waals surface area contributed by atoms with Crippen LogP contribution >= 0.6 is 0 Å². The van der Waals surface area contributed by atoms with E-state index in [4.69, 9.17) is 0 Å². The molecule has 0 bridgehead atoms. The lowest BCUT2D eigenvalue weighted by Crippen LogP contribution is -1.96. The predicted molar refractivity (Wildman–Crippen MR) is 500 cm³/mol. The first kappa shape index (κ1) is 65.8. The second-order valence-corrected chi connectivity index (χ2v) is 31.4. The van der Waals surface area contributed by atoms with Gasteiger partial charge >= 0.3 is 0 Å². The van der Waals surface area contributed by atoms with Gasteiger partial charge in [-0.2, -0.15) is 0 Å². The molecule has 548 valence electrons. The Kier molecular flexibility index (Phi) is 14.4. The van der Waals surface area contributed by atoms with Gasteiger partial charge in [-0.1, -0.05) is 285 Å². The summed E-state index contributed by atoms with van der Waals surface area (Å²) in [7, 11) is 0. The van der Waals surface area contributed by atoms with Crippen molar-refractivity contribution in [3.63, 3.8) is 0 Å². The van der Waals surface area contributed by atoms with Crippen molar-refractivity contribution >= 4 is 174 Å². The second kappa shape index (κ2) is 25.9. The van der Waals surface area contributed by atoms with Crippen LogP contribution in [-0.4, -0.2) is 27.4 Å². The van der Waals surface area contributed by atoms with Gasteiger partial charge in [0.1, 0.15) is 0 Å². The van der Waals surface area contributed by atoms with Crippen molar-refractivity contribution in [2.45, 2.75) is 0 Å². The Morgan fingerprint density at radius 3 is 0.805 bits per heavy atom. The summed E-state index contributed by atoms with van der Waals surface area (Å²) in [6, 6.07) is 156. The number of hydrogen-bond donors (Lipinski definition) is 0. The average molecular weight is 1500 g/mol. The Labute approximate surface area is 677 Å². The van der Waals surface area contributed by atoms with E-state index in [2.05, 4.69) is 452 Å². The largest absolute Gasteiger partial charge is 0.309 e. The fourth-order valence-corrected chi connectivity index (χ4v) is 20.1. The third-order valence-electron chi connectivity index (χ3n) is 25.2. The molecule has 0 N–H and O–H groups in total. The van der Waals surface area contributed by atoms with E-state index < -0.39 is 0 Å². The number of para-hydroxylation sites is 6. The summed E-state index contributed by atoms with van der Waals surface area (Å²) in [6.45, 7) is 0. The highest BCUT2D eigenvalue weighted by molar-refractivity contribution is 6.31. The fourth-order valence-electron chi connectivity index (χ4n) is 20.1. The molecular formula is C112H70N6. The molecule has 118 heavy (non-hydrogen) atoms. The van der Waals surface area contributed by atoms with E-state index >= 15 is 0 Å². The van der Waals surface area contributed by atoms with Crippen molar-refractivity contribution in [3.8, 4) is 56.4 Å². The number of benzene rings is 20. The third-order valence-corrected chi connectivity index (χ3v) is 25.2. The molecule has 0 aliphatic carbocycles. The van der Waals surface area contributed by atoms with Crippen LogP contribution in [0.4, 0.5) is 0 Å². The van der Waals surface area contributed by atoms with E-state index in [0.717, 1.165) is 11.4 Å². The molecule has 6 heterocycles. The number of nitrogens with zero attached hydrogens (tertiary/aromatic N) is 6. The van der Waals surface area contributed by atoms with Gasteiger partial charge in [-0.05, 0) is 183 Å². The van der Waals surface area contributed by atoms with E-state index in [9.17, 15) is 0 Å². The normalized spacial score (nSPS) is 12.1. The Bertz CT molecular complexity index is 8670. The van der Waals surface area contributed by atoms with Crippen LogP contribution < -0.4 is 0 Å². The zero-order valence-electron chi connectivity index (χ0n) is 64.1. The van der Waals surface area contributed by atoms with Crippen LogP contribution in [0.15, 0.2) is 425 Å². The first-order chi connectivity index (χ1) is 58.6. The van der Waals surface area contributed by atoms with Crippen molar-refractivity contribution < 1.29 is 0 Å². The molecule has 0 atom stereocenters. The summed E-state index contributed by atoms with van der Waals surface area (Å²) in [5.74, 6) is 0. The van der Waals surface area contributed by atoms with Crippen molar-refractivity contribution in [2.24, 2.45) is 0 Å². The minimum atomic E-state index is 1.15. The summed E-state index contributed by atoms with van der Waals surface area (Å²) in [5, 5.41) is 24.9. The molecule has 0 aliphatic rings. The van der Waals surface area contributed by atoms with Crippen LogP contribution in [0.25, 0.3) is 230 Å². The SMILES string of the molecule is c1ccc(-n2c3ccccc3c3c4c5cc(-c6ccc7c(c6)c6ccccc6n7-c6cccc7ccccc67)ccc5n(-c5cccc6ccccc56)c4ccc32)cc1.c1ccc(-n2c3ccccc3c3ccc4c(c5cc(-c6ccc7c(c6)c6ccccc6n7-c6cccc7ccccc67)ccc5n4-c4cccc5ccccc45)c32)cc1. The molecule has 6 nitrogen and oxygen atoms in total. The van der Waals surface area contributed by atoms with Crippen molar-refractivity contribution in [1.29, 1.82) is 0 Å². The number of fused-ring (bicyclic) bond motifs is 24. The first-order valence-corrected chi connectivity index (χ1v) is 40.7. The van der Waals surface area contributed by atoms with Gasteiger partial charge in [0, 0.05) is 97.6 Å². The van der Waals surface area contributed by atoms with Crippen molar-refractivity contribution in [2.75, 3.05) is 0 Å². The predicted octanol–water partition coefficient (Wildman–Crippen LogP) is 29.9. The van der Waals surface area contributed by atoms with Gasteiger partial charge < -0.3 is 27.4 Å². The maximum Gasteiger partial charge on any atom is 0.0641 e. The van der Waals surface area contributed by atoms with Crippen molar-refractivity contribution in [3.05, 3.63) is 425 Å². The van der Waals surface area contributed by atoms with Gasteiger partial charge in [0.25, 0.3) is 0 Å². The van der Waals surface area contributed by atoms with Crippen molar-refractivity contribution in [1.82, 2.24) is 27.4 Å². The first-order valence-electron chi connectivity index (χ1n) is 40.7. The molecule has 0 fully saturated rings. The van der Waals surface area contributed by atoms with Gasteiger partial charge in [0.05, 0.1) is 88.9 Å². The maximum atomic E-state index is 2.49. The molecule has 6 heteroatoms. The van der Waals surface area contributed by atoms with E-state index in [1.165, 1.54) is 219 Å². The standard InChI is InChI=1S/2C56H35N3/c1-2-18-40(19-3-1)57-50-24-10-8-22-43(50)45-30-33-54-55(56(45)57)47-35-39(29-32-53(47)59(54)49-27-13-17-37-15-5-7-21-42(37)49)38-28-31-52-46(34-38)44-23-9-11-25-51(44)58(52)48-26-12-16-36-14-4-6-20-41(36)48;1-2-18-40(19-3-1)57-50-25-11-9-23-44(50)55-53(57)32-33-54-56(55)46-35-39(29-31-52(46)59(54)48-27-13-17-37-15-5-7-21-42(37)48)38-28-30-51-45(34-38)43-22-8-10-24-49(43)58(51)47-26-12-16-36-14-4-6-20-41(36)47/h2*1-35H. The van der Waals surface area contributed by atoms with Crippen LogP contribution in [0.3, 0.4) is 0 Å². The van der Waals surface area contributed by atoms with Gasteiger partial charge in [-0.25, -0.2) is 0 Å². The summed E-state index contributed by atoms with van der Waals surface area (Å²) >= 11 is 0. The number of aromatic nitrogens is 6. The maximum absolute atomic E-state index is 2.49. The fraction of sp³-hybridized carbons (Fsp3) is 0. The smallest absolute Gasteiger partial charge is 0.0641 e. The van der Waals surface area contributed by atoms with Gasteiger partial charge in [-0.15, -0.1) is 0 Å². The molecule has 0 saturated heterocycles. The summed E-state index contributed by atoms with van der Waals surface area (Å²) in [6.07, 6.45) is 0. The molecule has 26 aromatic rings. The lowest BCUT2D eigenvalue weighted by molar-refractivity contribution is 1.18. The van der Waals surface area contributed by atoms with Gasteiger partial charge in [0.2, 0.25) is 0 Å². The Morgan fingerprint density at radius 2 is 0.381 bits per heavy atom. The molecular weight excluding hydrogens is 1430 g/mol. The minimum Gasteiger partial charge on any atom is -0.309 e. The summed E-state index contributed by atoms with van der Waals surface area (Å²) < 4.78 is 14.8. The molecule has 0 aliphatic heterocycles. The Morgan fingerprint density at radius 1 is 0.127 bits per heavy atom. The molecule has 0 saturated carbocycles. The van der Waals surface area contributed by atoms with Crippen LogP contribution in [0.2, 0.25) is 0 Å². The Balaban J connectivity index is 0.000000131. The molecule has 0 spiro atoms. The molecule has 0 amide bonds. The average Bonchev–Trinajstić information content (AvgIpc) is 1.55. The topological polar surface area (TPSA) is 29.6 Å². The highest BCUT2D eigenvalue weighted by Gasteiger charge is 2.27. The quantitative estimate of drug-likeness (QED) is 0.145. The Hall–Kier alpha value is -15.8. The van der Waals surface area contributed by atoms with E-state index in [1.54, 1.807) is 0 Å². The van der Waals surface area contributed by atoms with E-state index in [1.807, 2.05) is 0 Å². The van der Waals surface area contributed by atoms with Crippen LogP contribution in [0, 0.1) is 0 Å². The lowest BCUT2D eigenvalue weighted by Gasteiger charge is -2.12. The summed E-state index contributed by atoms with van der Waals surface area (Å²) in [4.78, 5) is 0. The number of hydrogen-bond acceptors (Lipinski definition) is 0. The monoisotopic (exact) mass is 1500 g/mol. The van der Waals surface area contributed by atoms with E-state index in [-0.39, 0.29) is 0 Å². The zero-order valence-corrected chi connectivity index (χ0v) is 64.1. The highest BCUT2D eigenvalue weighted by Crippen LogP contribution is 2.49. The minimum absolute atomic E-state index is 1.15. The molecule has 26 rings (SSSR count). The summed E-state index contributed by atoms with van der Waals surface area (Å²) in [5.41, 5.74) is 26.3. The van der Waals surface area contributed by atoms with E-state index in [0.29, 0.717) is 0 Å². The van der Waals surface area contributed by atoms with Crippen LogP contribution in [-0.2, 0) is 0 Å². The van der Waals surface area contributed by atoms with Crippen LogP contribution in [0.5, 0.6) is 0 Å².